The Bertz CT molecular complexity index is 312. The number of nitrogens with one attached hydrogen (secondary N) is 1. The molecule has 0 bridgehead atoms. The third-order valence-electron chi connectivity index (χ3n) is 5.34. The summed E-state index contributed by atoms with van der Waals surface area (Å²) in [4.78, 5) is 11.9. The molecule has 1 rings (SSSR count). The maximum atomic E-state index is 11.9. The molecule has 0 aromatic rings. The molecule has 1 fully saturated rings. The molecular formula is C15H30N2O. The quantitative estimate of drug-likeness (QED) is 0.810. The summed E-state index contributed by atoms with van der Waals surface area (Å²) in [7, 11) is 0. The van der Waals surface area contributed by atoms with Gasteiger partial charge in [-0.3, -0.25) is 4.79 Å². The van der Waals surface area contributed by atoms with Crippen LogP contribution >= 0.6 is 0 Å². The van der Waals surface area contributed by atoms with Crippen LogP contribution in [-0.4, -0.2) is 18.5 Å². The number of nitrogens with two attached hydrogens (primary N) is 1. The Morgan fingerprint density at radius 1 is 1.22 bits per heavy atom. The van der Waals surface area contributed by atoms with E-state index in [4.69, 9.17) is 5.73 Å². The molecule has 0 radical (unpaired) electrons. The van der Waals surface area contributed by atoms with Crippen molar-refractivity contribution in [2.75, 3.05) is 6.54 Å². The third-order valence-corrected chi connectivity index (χ3v) is 5.34. The van der Waals surface area contributed by atoms with Crippen molar-refractivity contribution < 1.29 is 4.79 Å². The molecule has 106 valence electrons. The van der Waals surface area contributed by atoms with Gasteiger partial charge in [0.2, 0.25) is 5.91 Å². The van der Waals surface area contributed by atoms with Crippen molar-refractivity contribution in [3.63, 3.8) is 0 Å². The van der Waals surface area contributed by atoms with E-state index in [9.17, 15) is 4.79 Å². The second kappa shape index (κ2) is 4.52. The highest BCUT2D eigenvalue weighted by molar-refractivity contribution is 5.76. The van der Waals surface area contributed by atoms with Crippen molar-refractivity contribution >= 4 is 5.91 Å². The number of carbonyl (C=O) groups is 1. The molecule has 0 spiro atoms. The van der Waals surface area contributed by atoms with Gasteiger partial charge in [-0.05, 0) is 22.2 Å². The Morgan fingerprint density at radius 2 is 1.67 bits per heavy atom. The lowest BCUT2D eigenvalue weighted by atomic mass is 9.85. The zero-order chi connectivity index (χ0) is 14.4. The first kappa shape index (κ1) is 15.5. The Balaban J connectivity index is 2.36. The minimum atomic E-state index is -0.0854. The smallest absolute Gasteiger partial charge is 0.221 e. The Hall–Kier alpha value is -0.570. The van der Waals surface area contributed by atoms with Gasteiger partial charge < -0.3 is 11.1 Å². The van der Waals surface area contributed by atoms with Gasteiger partial charge >= 0.3 is 0 Å². The molecule has 1 unspecified atom stereocenters. The van der Waals surface area contributed by atoms with Crippen LogP contribution in [-0.2, 0) is 4.79 Å². The highest BCUT2D eigenvalue weighted by Gasteiger charge is 2.64. The van der Waals surface area contributed by atoms with Crippen LogP contribution in [0.1, 0.15) is 54.9 Å². The number of carbonyl (C=O) groups excluding carboxylic acids is 1. The van der Waals surface area contributed by atoms with E-state index in [1.54, 1.807) is 0 Å². The van der Waals surface area contributed by atoms with E-state index in [2.05, 4.69) is 53.8 Å². The van der Waals surface area contributed by atoms with Crippen LogP contribution in [0.4, 0.5) is 0 Å². The van der Waals surface area contributed by atoms with Crippen molar-refractivity contribution in [1.82, 2.24) is 5.32 Å². The molecule has 0 aromatic heterocycles. The molecule has 0 aliphatic heterocycles. The summed E-state index contributed by atoms with van der Waals surface area (Å²) in [5, 5.41) is 3.04. The fourth-order valence-electron chi connectivity index (χ4n) is 2.64. The summed E-state index contributed by atoms with van der Waals surface area (Å²) in [5.41, 5.74) is 6.65. The molecule has 18 heavy (non-hydrogen) atoms. The van der Waals surface area contributed by atoms with Gasteiger partial charge in [0.1, 0.15) is 0 Å². The average Bonchev–Trinajstić information content (AvgIpc) is 2.53. The maximum absolute atomic E-state index is 11.9. The lowest BCUT2D eigenvalue weighted by Gasteiger charge is -2.26. The monoisotopic (exact) mass is 254 g/mol. The molecule has 3 nitrogen and oxygen atoms in total. The number of amides is 1. The number of rotatable bonds is 4. The number of hydrogen-bond donors (Lipinski definition) is 2. The summed E-state index contributed by atoms with van der Waals surface area (Å²) in [6.07, 6.45) is 0.414. The third kappa shape index (κ3) is 2.87. The zero-order valence-electron chi connectivity index (χ0n) is 13.1. The summed E-state index contributed by atoms with van der Waals surface area (Å²) in [6, 6.07) is -0.0854. The molecule has 0 saturated heterocycles. The van der Waals surface area contributed by atoms with E-state index in [1.165, 1.54) is 0 Å². The molecule has 1 saturated carbocycles. The second-order valence-corrected chi connectivity index (χ2v) is 7.98. The second-order valence-electron chi connectivity index (χ2n) is 7.98. The van der Waals surface area contributed by atoms with Gasteiger partial charge in [-0.2, -0.15) is 0 Å². The molecule has 3 heteroatoms. The Morgan fingerprint density at radius 3 is 2.00 bits per heavy atom. The van der Waals surface area contributed by atoms with E-state index in [0.717, 1.165) is 6.54 Å². The van der Waals surface area contributed by atoms with E-state index in [-0.39, 0.29) is 17.4 Å². The first-order valence-corrected chi connectivity index (χ1v) is 6.93. The molecule has 1 aliphatic rings. The molecule has 1 atom stereocenters. The largest absolute Gasteiger partial charge is 0.356 e. The van der Waals surface area contributed by atoms with Gasteiger partial charge in [0.15, 0.2) is 0 Å². The molecule has 1 amide bonds. The van der Waals surface area contributed by atoms with Crippen LogP contribution in [0.2, 0.25) is 0 Å². The van der Waals surface area contributed by atoms with Crippen LogP contribution < -0.4 is 11.1 Å². The average molecular weight is 254 g/mol. The van der Waals surface area contributed by atoms with Gasteiger partial charge in [0.25, 0.3) is 0 Å². The predicted molar refractivity (Wildman–Crippen MR) is 76.1 cm³/mol. The topological polar surface area (TPSA) is 55.1 Å². The molecule has 3 N–H and O–H groups in total. The standard InChI is InChI=1S/C15H30N2O/c1-13(2,3)11(16)8-12(18)17-9-10-14(4,5)15(10,6)7/h10-11H,8-9,16H2,1-7H3,(H,17,18). The highest BCUT2D eigenvalue weighted by Crippen LogP contribution is 2.67. The first-order valence-electron chi connectivity index (χ1n) is 6.93. The fraction of sp³-hybridized carbons (Fsp3) is 0.933. The minimum Gasteiger partial charge on any atom is -0.356 e. The lowest BCUT2D eigenvalue weighted by molar-refractivity contribution is -0.122. The SMILES string of the molecule is CC(C)(C)C(N)CC(=O)NCC1C(C)(C)C1(C)C. The fourth-order valence-corrected chi connectivity index (χ4v) is 2.64. The van der Waals surface area contributed by atoms with Gasteiger partial charge in [0, 0.05) is 19.0 Å². The molecule has 1 aliphatic carbocycles. The normalized spacial score (nSPS) is 23.6. The molecule has 0 heterocycles. The van der Waals surface area contributed by atoms with E-state index in [0.29, 0.717) is 23.2 Å². The van der Waals surface area contributed by atoms with Crippen molar-refractivity contribution in [2.45, 2.75) is 60.9 Å². The Labute approximate surface area is 112 Å². The highest BCUT2D eigenvalue weighted by atomic mass is 16.1. The summed E-state index contributed by atoms with van der Waals surface area (Å²) in [6.45, 7) is 16.1. The van der Waals surface area contributed by atoms with Crippen LogP contribution in [0.25, 0.3) is 0 Å². The zero-order valence-corrected chi connectivity index (χ0v) is 13.1. The van der Waals surface area contributed by atoms with Crippen molar-refractivity contribution in [1.29, 1.82) is 0 Å². The predicted octanol–water partition coefficient (Wildman–Crippen LogP) is 2.55. The van der Waals surface area contributed by atoms with Crippen LogP contribution in [0.15, 0.2) is 0 Å². The minimum absolute atomic E-state index is 0.0184. The van der Waals surface area contributed by atoms with Gasteiger partial charge in [-0.25, -0.2) is 0 Å². The molecule has 0 aromatic carbocycles. The first-order chi connectivity index (χ1) is 7.90. The van der Waals surface area contributed by atoms with Crippen LogP contribution in [0.3, 0.4) is 0 Å². The van der Waals surface area contributed by atoms with Crippen LogP contribution in [0.5, 0.6) is 0 Å². The maximum Gasteiger partial charge on any atom is 0.221 e. The number of hydrogen-bond acceptors (Lipinski definition) is 2. The van der Waals surface area contributed by atoms with Crippen molar-refractivity contribution in [2.24, 2.45) is 27.9 Å². The lowest BCUT2D eigenvalue weighted by Crippen LogP contribution is -2.40. The summed E-state index contributed by atoms with van der Waals surface area (Å²) in [5.74, 6) is 0.649. The van der Waals surface area contributed by atoms with Gasteiger partial charge in [-0.15, -0.1) is 0 Å². The summed E-state index contributed by atoms with van der Waals surface area (Å²) < 4.78 is 0. The van der Waals surface area contributed by atoms with E-state index in [1.807, 2.05) is 0 Å². The van der Waals surface area contributed by atoms with Crippen molar-refractivity contribution in [3.8, 4) is 0 Å². The summed E-state index contributed by atoms with van der Waals surface area (Å²) >= 11 is 0. The van der Waals surface area contributed by atoms with Crippen molar-refractivity contribution in [3.05, 3.63) is 0 Å². The van der Waals surface area contributed by atoms with Gasteiger partial charge in [-0.1, -0.05) is 48.5 Å². The van der Waals surface area contributed by atoms with E-state index >= 15 is 0 Å². The van der Waals surface area contributed by atoms with Crippen LogP contribution in [0, 0.1) is 22.2 Å². The molecular weight excluding hydrogens is 224 g/mol. The van der Waals surface area contributed by atoms with E-state index < -0.39 is 0 Å². The van der Waals surface area contributed by atoms with Gasteiger partial charge in [0.05, 0.1) is 0 Å². The Kier molecular flexibility index (Phi) is 3.89.